The number of rotatable bonds is 3. The van der Waals surface area contributed by atoms with Gasteiger partial charge in [0.2, 0.25) is 0 Å². The van der Waals surface area contributed by atoms with Crippen molar-refractivity contribution in [2.75, 3.05) is 0 Å². The summed E-state index contributed by atoms with van der Waals surface area (Å²) in [5.41, 5.74) is 3.95. The average Bonchev–Trinajstić information content (AvgIpc) is 2.53. The lowest BCUT2D eigenvalue weighted by atomic mass is 10.2. The summed E-state index contributed by atoms with van der Waals surface area (Å²) in [5, 5.41) is 10.7. The van der Waals surface area contributed by atoms with Gasteiger partial charge >= 0.3 is 0 Å². The van der Waals surface area contributed by atoms with Crippen molar-refractivity contribution in [3.8, 4) is 0 Å². The molecule has 8 nitrogen and oxygen atoms in total. The van der Waals surface area contributed by atoms with Crippen LogP contribution in [0.2, 0.25) is 5.02 Å². The summed E-state index contributed by atoms with van der Waals surface area (Å²) in [6.45, 7) is 0. The lowest BCUT2D eigenvalue weighted by Gasteiger charge is -2.08. The zero-order chi connectivity index (χ0) is 16.1. The van der Waals surface area contributed by atoms with Crippen molar-refractivity contribution in [1.82, 2.24) is 15.8 Å². The number of aromatic nitrogens is 1. The van der Waals surface area contributed by atoms with E-state index in [1.807, 2.05) is 0 Å². The molecule has 2 N–H and O–H groups in total. The monoisotopic (exact) mass is 320 g/mol. The van der Waals surface area contributed by atoms with Crippen molar-refractivity contribution < 1.29 is 14.5 Å². The Kier molecular flexibility index (Phi) is 4.64. The molecule has 2 aromatic rings. The van der Waals surface area contributed by atoms with E-state index in [2.05, 4.69) is 15.8 Å². The molecule has 0 unspecified atom stereocenters. The number of amides is 2. The Morgan fingerprint density at radius 3 is 2.50 bits per heavy atom. The third kappa shape index (κ3) is 3.55. The Labute approximate surface area is 129 Å². The molecule has 0 aliphatic heterocycles. The highest BCUT2D eigenvalue weighted by molar-refractivity contribution is 6.34. The van der Waals surface area contributed by atoms with Crippen LogP contribution < -0.4 is 10.9 Å². The van der Waals surface area contributed by atoms with E-state index in [0.717, 1.165) is 6.07 Å². The molecule has 2 amide bonds. The molecule has 0 aliphatic rings. The van der Waals surface area contributed by atoms with E-state index in [9.17, 15) is 19.7 Å². The second kappa shape index (κ2) is 6.64. The number of hydrogen-bond donors (Lipinski definition) is 2. The summed E-state index contributed by atoms with van der Waals surface area (Å²) in [5.74, 6) is -1.41. The van der Waals surface area contributed by atoms with Gasteiger partial charge in [-0.15, -0.1) is 0 Å². The van der Waals surface area contributed by atoms with E-state index in [0.29, 0.717) is 0 Å². The van der Waals surface area contributed by atoms with Gasteiger partial charge in [0.05, 0.1) is 15.5 Å². The van der Waals surface area contributed by atoms with Gasteiger partial charge in [-0.2, -0.15) is 0 Å². The van der Waals surface area contributed by atoms with Gasteiger partial charge in [-0.3, -0.25) is 35.5 Å². The van der Waals surface area contributed by atoms with Crippen LogP contribution in [0.1, 0.15) is 20.8 Å². The maximum Gasteiger partial charge on any atom is 0.288 e. The lowest BCUT2D eigenvalue weighted by Crippen LogP contribution is -2.42. The van der Waals surface area contributed by atoms with Gasteiger partial charge in [0.25, 0.3) is 17.5 Å². The third-order valence-electron chi connectivity index (χ3n) is 2.59. The molecule has 112 valence electrons. The van der Waals surface area contributed by atoms with E-state index in [1.54, 1.807) is 12.1 Å². The van der Waals surface area contributed by atoms with E-state index in [1.165, 1.54) is 24.4 Å². The molecule has 0 bridgehead atoms. The molecule has 0 fully saturated rings. The van der Waals surface area contributed by atoms with Gasteiger partial charge in [0.1, 0.15) is 5.69 Å². The fourth-order valence-electron chi connectivity index (χ4n) is 1.54. The first-order chi connectivity index (χ1) is 10.5. The van der Waals surface area contributed by atoms with Crippen LogP contribution in [0.5, 0.6) is 0 Å². The Bertz CT molecular complexity index is 736. The topological polar surface area (TPSA) is 114 Å². The molecule has 1 heterocycles. The van der Waals surface area contributed by atoms with E-state index < -0.39 is 16.7 Å². The van der Waals surface area contributed by atoms with Gasteiger partial charge in [-0.05, 0) is 18.2 Å². The third-order valence-corrected chi connectivity index (χ3v) is 2.92. The number of nitro benzene ring substituents is 1. The number of carbonyl (C=O) groups excluding carboxylic acids is 2. The van der Waals surface area contributed by atoms with E-state index in [4.69, 9.17) is 11.6 Å². The molecule has 0 aliphatic carbocycles. The second-order valence-corrected chi connectivity index (χ2v) is 4.45. The molecule has 0 saturated heterocycles. The van der Waals surface area contributed by atoms with Gasteiger partial charge < -0.3 is 0 Å². The summed E-state index contributed by atoms with van der Waals surface area (Å²) in [6, 6.07) is 8.13. The molecule has 0 atom stereocenters. The van der Waals surface area contributed by atoms with Crippen LogP contribution in [0.4, 0.5) is 5.69 Å². The second-order valence-electron chi connectivity index (χ2n) is 4.04. The summed E-state index contributed by atoms with van der Waals surface area (Å²) in [7, 11) is 0. The van der Waals surface area contributed by atoms with Gasteiger partial charge in [0, 0.05) is 18.3 Å². The SMILES string of the molecule is O=C(NNC(=O)c1cc([N+](=O)[O-])ccc1Cl)c1ccccn1. The van der Waals surface area contributed by atoms with Crippen LogP contribution in [0.15, 0.2) is 42.6 Å². The normalized spacial score (nSPS) is 9.86. The number of nitrogens with zero attached hydrogens (tertiary/aromatic N) is 2. The maximum absolute atomic E-state index is 11.9. The highest BCUT2D eigenvalue weighted by Gasteiger charge is 2.16. The number of hydrazine groups is 1. The van der Waals surface area contributed by atoms with Crippen molar-refractivity contribution in [3.63, 3.8) is 0 Å². The smallest absolute Gasteiger partial charge is 0.267 e. The quantitative estimate of drug-likeness (QED) is 0.660. The van der Waals surface area contributed by atoms with E-state index in [-0.39, 0.29) is 22.0 Å². The minimum absolute atomic E-state index is 0.0233. The van der Waals surface area contributed by atoms with Gasteiger partial charge in [-0.25, -0.2) is 0 Å². The molecule has 1 aromatic heterocycles. The van der Waals surface area contributed by atoms with Crippen molar-refractivity contribution in [1.29, 1.82) is 0 Å². The molecule has 22 heavy (non-hydrogen) atoms. The number of carbonyl (C=O) groups is 2. The molecule has 0 radical (unpaired) electrons. The van der Waals surface area contributed by atoms with E-state index >= 15 is 0 Å². The predicted octanol–water partition coefficient (Wildman–Crippen LogP) is 1.72. The van der Waals surface area contributed by atoms with Crippen LogP contribution in [0, 0.1) is 10.1 Å². The molecule has 2 rings (SSSR count). The summed E-state index contributed by atoms with van der Waals surface area (Å²) < 4.78 is 0. The molecule has 0 saturated carbocycles. The van der Waals surface area contributed by atoms with Crippen molar-refractivity contribution in [2.45, 2.75) is 0 Å². The first-order valence-corrected chi connectivity index (χ1v) is 6.32. The summed E-state index contributed by atoms with van der Waals surface area (Å²) in [4.78, 5) is 37.5. The standard InChI is InChI=1S/C13H9ClN4O4/c14-10-5-4-8(18(21)22)7-9(10)12(19)16-17-13(20)11-3-1-2-6-15-11/h1-7H,(H,16,19)(H,17,20). The Hall–Kier alpha value is -3.00. The molecule has 0 spiro atoms. The van der Waals surface area contributed by atoms with Gasteiger partial charge in [-0.1, -0.05) is 17.7 Å². The van der Waals surface area contributed by atoms with Crippen LogP contribution in [0.25, 0.3) is 0 Å². The number of non-ortho nitro benzene ring substituents is 1. The first-order valence-electron chi connectivity index (χ1n) is 5.94. The largest absolute Gasteiger partial charge is 0.288 e. The summed E-state index contributed by atoms with van der Waals surface area (Å²) in [6.07, 6.45) is 1.42. The molecular weight excluding hydrogens is 312 g/mol. The number of benzene rings is 1. The van der Waals surface area contributed by atoms with Crippen LogP contribution in [-0.2, 0) is 0 Å². The van der Waals surface area contributed by atoms with Gasteiger partial charge in [0.15, 0.2) is 0 Å². The number of nitro groups is 1. The highest BCUT2D eigenvalue weighted by Crippen LogP contribution is 2.21. The lowest BCUT2D eigenvalue weighted by molar-refractivity contribution is -0.384. The minimum atomic E-state index is -0.780. The van der Waals surface area contributed by atoms with Crippen LogP contribution >= 0.6 is 11.6 Å². The Morgan fingerprint density at radius 1 is 1.14 bits per heavy atom. The van der Waals surface area contributed by atoms with Crippen LogP contribution in [0.3, 0.4) is 0 Å². The number of halogens is 1. The minimum Gasteiger partial charge on any atom is -0.267 e. The zero-order valence-corrected chi connectivity index (χ0v) is 11.7. The fraction of sp³-hybridized carbons (Fsp3) is 0. The summed E-state index contributed by atoms with van der Waals surface area (Å²) >= 11 is 5.82. The number of hydrogen-bond acceptors (Lipinski definition) is 5. The van der Waals surface area contributed by atoms with Crippen LogP contribution in [-0.4, -0.2) is 21.7 Å². The molecular formula is C13H9ClN4O4. The number of pyridine rings is 1. The fourth-order valence-corrected chi connectivity index (χ4v) is 1.75. The van der Waals surface area contributed by atoms with Crippen molar-refractivity contribution in [2.24, 2.45) is 0 Å². The Morgan fingerprint density at radius 2 is 1.86 bits per heavy atom. The van der Waals surface area contributed by atoms with Crippen molar-refractivity contribution in [3.05, 3.63) is 69.0 Å². The average molecular weight is 321 g/mol. The predicted molar refractivity (Wildman–Crippen MR) is 77.3 cm³/mol. The first kappa shape index (κ1) is 15.4. The highest BCUT2D eigenvalue weighted by atomic mass is 35.5. The number of nitrogens with one attached hydrogen (secondary N) is 2. The zero-order valence-electron chi connectivity index (χ0n) is 10.9. The maximum atomic E-state index is 11.9. The van der Waals surface area contributed by atoms with Crippen molar-refractivity contribution >= 4 is 29.1 Å². The molecule has 1 aromatic carbocycles. The Balaban J connectivity index is 2.08. The molecule has 9 heteroatoms.